The summed E-state index contributed by atoms with van der Waals surface area (Å²) in [4.78, 5) is 32.5. The van der Waals surface area contributed by atoms with E-state index in [0.29, 0.717) is 50.0 Å². The van der Waals surface area contributed by atoms with E-state index in [-0.39, 0.29) is 23.5 Å². The quantitative estimate of drug-likeness (QED) is 0.702. The van der Waals surface area contributed by atoms with E-state index in [9.17, 15) is 14.9 Å². The Hall–Kier alpha value is -2.66. The molecule has 2 aliphatic heterocycles. The average molecular weight is 441 g/mol. The van der Waals surface area contributed by atoms with Gasteiger partial charge in [0.05, 0.1) is 29.5 Å². The number of aliphatic carboxylic acids is 1. The summed E-state index contributed by atoms with van der Waals surface area (Å²) >= 11 is 0. The van der Waals surface area contributed by atoms with Gasteiger partial charge in [-0.3, -0.25) is 9.59 Å². The number of amides is 1. The third-order valence-corrected chi connectivity index (χ3v) is 6.82. The smallest absolute Gasteiger partial charge is 0.312 e. The average Bonchev–Trinajstić information content (AvgIpc) is 3.56. The van der Waals surface area contributed by atoms with Gasteiger partial charge < -0.3 is 19.6 Å². The summed E-state index contributed by atoms with van der Waals surface area (Å²) in [6.07, 6.45) is 2.40. The summed E-state index contributed by atoms with van der Waals surface area (Å²) in [5.74, 6) is -0.176. The summed E-state index contributed by atoms with van der Waals surface area (Å²) in [7, 11) is 0. The van der Waals surface area contributed by atoms with Crippen molar-refractivity contribution in [1.29, 1.82) is 5.26 Å². The molecule has 32 heavy (non-hydrogen) atoms. The molecule has 3 aliphatic rings. The monoisotopic (exact) mass is 440 g/mol. The van der Waals surface area contributed by atoms with Crippen LogP contribution in [0.2, 0.25) is 0 Å². The minimum atomic E-state index is -1.11. The number of carboxylic acids is 1. The highest BCUT2D eigenvalue weighted by atomic mass is 16.5. The number of nitriles is 1. The zero-order valence-corrected chi connectivity index (χ0v) is 19.3. The topological polar surface area (TPSA) is 107 Å². The number of hydrogen-bond acceptors (Lipinski definition) is 6. The number of aromatic nitrogens is 1. The normalized spacial score (nSPS) is 22.4. The first-order chi connectivity index (χ1) is 15.1. The number of anilines is 1. The highest BCUT2D eigenvalue weighted by Gasteiger charge is 2.39. The third kappa shape index (κ3) is 4.31. The number of rotatable bonds is 5. The number of nitrogens with zero attached hydrogens (tertiary/aromatic N) is 4. The predicted octanol–water partition coefficient (Wildman–Crippen LogP) is 2.83. The van der Waals surface area contributed by atoms with Gasteiger partial charge in [0.2, 0.25) is 5.91 Å². The van der Waals surface area contributed by atoms with Gasteiger partial charge >= 0.3 is 5.97 Å². The van der Waals surface area contributed by atoms with Crippen molar-refractivity contribution >= 4 is 17.7 Å². The standard InChI is InChI=1S/C24H32N4O4/c1-14(2)19-12-27(7-8-28(19)20(29)9-21(30)31)23-17(11-25)16-10-24(3,4)32-13-18(16)22(26-23)15-5-6-15/h14-15,19H,5-10,12-13H2,1-4H3,(H,30,31). The molecule has 8 nitrogen and oxygen atoms in total. The van der Waals surface area contributed by atoms with Crippen LogP contribution in [0.1, 0.15) is 75.3 Å². The van der Waals surface area contributed by atoms with Crippen LogP contribution in [0.5, 0.6) is 0 Å². The zero-order chi connectivity index (χ0) is 23.2. The molecule has 1 N–H and O–H groups in total. The van der Waals surface area contributed by atoms with Gasteiger partial charge in [0.1, 0.15) is 18.3 Å². The van der Waals surface area contributed by atoms with Crippen molar-refractivity contribution in [1.82, 2.24) is 9.88 Å². The molecule has 0 aromatic carbocycles. The van der Waals surface area contributed by atoms with Gasteiger partial charge in [0.25, 0.3) is 0 Å². The first kappa shape index (κ1) is 22.5. The number of carbonyl (C=O) groups is 2. The lowest BCUT2D eigenvalue weighted by Crippen LogP contribution is -2.58. The molecule has 8 heteroatoms. The van der Waals surface area contributed by atoms with Gasteiger partial charge in [-0.1, -0.05) is 13.8 Å². The third-order valence-electron chi connectivity index (χ3n) is 6.82. The molecular formula is C24H32N4O4. The first-order valence-corrected chi connectivity index (χ1v) is 11.5. The molecular weight excluding hydrogens is 408 g/mol. The molecule has 1 aromatic rings. The van der Waals surface area contributed by atoms with E-state index >= 15 is 0 Å². The van der Waals surface area contributed by atoms with Crippen molar-refractivity contribution in [2.24, 2.45) is 5.92 Å². The van der Waals surface area contributed by atoms with Crippen molar-refractivity contribution in [3.63, 3.8) is 0 Å². The Morgan fingerprint density at radius 3 is 2.59 bits per heavy atom. The van der Waals surface area contributed by atoms with Gasteiger partial charge in [0, 0.05) is 37.5 Å². The molecule has 1 atom stereocenters. The number of pyridine rings is 1. The molecule has 1 aromatic heterocycles. The van der Waals surface area contributed by atoms with E-state index in [1.165, 1.54) is 0 Å². The van der Waals surface area contributed by atoms with E-state index in [0.717, 1.165) is 29.7 Å². The van der Waals surface area contributed by atoms with E-state index < -0.39 is 12.4 Å². The number of hydrogen-bond donors (Lipinski definition) is 1. The van der Waals surface area contributed by atoms with Crippen molar-refractivity contribution in [2.45, 2.75) is 77.5 Å². The maximum absolute atomic E-state index is 12.5. The SMILES string of the molecule is CC(C)C1CN(c2nc(C3CC3)c3c(c2C#N)CC(C)(C)OC3)CCN1C(=O)CC(=O)O. The highest BCUT2D eigenvalue weighted by Crippen LogP contribution is 2.46. The van der Waals surface area contributed by atoms with Crippen LogP contribution in [-0.4, -0.2) is 58.1 Å². The predicted molar refractivity (Wildman–Crippen MR) is 118 cm³/mol. The van der Waals surface area contributed by atoms with E-state index in [4.69, 9.17) is 14.8 Å². The lowest BCUT2D eigenvalue weighted by molar-refractivity contribution is -0.146. The summed E-state index contributed by atoms with van der Waals surface area (Å²) in [6.45, 7) is 10.2. The molecule has 1 aliphatic carbocycles. The molecule has 1 unspecified atom stereocenters. The zero-order valence-electron chi connectivity index (χ0n) is 19.3. The van der Waals surface area contributed by atoms with Crippen LogP contribution < -0.4 is 4.90 Å². The molecule has 0 bridgehead atoms. The van der Waals surface area contributed by atoms with E-state index in [1.54, 1.807) is 4.90 Å². The van der Waals surface area contributed by atoms with Crippen LogP contribution in [0.3, 0.4) is 0 Å². The fraction of sp³-hybridized carbons (Fsp3) is 0.667. The number of piperazine rings is 1. The number of fused-ring (bicyclic) bond motifs is 1. The van der Waals surface area contributed by atoms with Gasteiger partial charge in [0.15, 0.2) is 0 Å². The molecule has 4 rings (SSSR count). The summed E-state index contributed by atoms with van der Waals surface area (Å²) < 4.78 is 6.06. The second kappa shape index (κ2) is 8.36. The molecule has 1 amide bonds. The van der Waals surface area contributed by atoms with Crippen LogP contribution in [0.4, 0.5) is 5.82 Å². The Morgan fingerprint density at radius 1 is 1.28 bits per heavy atom. The second-order valence-electron chi connectivity index (χ2n) is 10.2. The van der Waals surface area contributed by atoms with Gasteiger partial charge in [-0.05, 0) is 38.2 Å². The lowest BCUT2D eigenvalue weighted by atomic mass is 9.87. The van der Waals surface area contributed by atoms with E-state index in [1.807, 2.05) is 13.8 Å². The minimum absolute atomic E-state index is 0.135. The Morgan fingerprint density at radius 2 is 2.00 bits per heavy atom. The van der Waals surface area contributed by atoms with E-state index in [2.05, 4.69) is 24.8 Å². The van der Waals surface area contributed by atoms with Crippen LogP contribution in [0.25, 0.3) is 0 Å². The molecule has 1 saturated heterocycles. The minimum Gasteiger partial charge on any atom is -0.481 e. The van der Waals surface area contributed by atoms with Crippen molar-refractivity contribution < 1.29 is 19.4 Å². The fourth-order valence-electron chi connectivity index (χ4n) is 4.93. The second-order valence-corrected chi connectivity index (χ2v) is 10.2. The van der Waals surface area contributed by atoms with Gasteiger partial charge in [-0.25, -0.2) is 4.98 Å². The molecule has 2 fully saturated rings. The van der Waals surface area contributed by atoms with Crippen molar-refractivity contribution in [2.75, 3.05) is 24.5 Å². The maximum atomic E-state index is 12.5. The Balaban J connectivity index is 1.71. The Bertz CT molecular complexity index is 977. The van der Waals surface area contributed by atoms with Gasteiger partial charge in [-0.2, -0.15) is 5.26 Å². The number of ether oxygens (including phenoxy) is 1. The van der Waals surface area contributed by atoms with Crippen molar-refractivity contribution in [3.8, 4) is 6.07 Å². The van der Waals surface area contributed by atoms with Crippen molar-refractivity contribution in [3.05, 3.63) is 22.4 Å². The highest BCUT2D eigenvalue weighted by molar-refractivity contribution is 5.93. The Kier molecular flexibility index (Phi) is 5.89. The van der Waals surface area contributed by atoms with Crippen LogP contribution in [0, 0.1) is 17.2 Å². The largest absolute Gasteiger partial charge is 0.481 e. The molecule has 0 spiro atoms. The van der Waals surface area contributed by atoms with Crippen LogP contribution >= 0.6 is 0 Å². The fourth-order valence-corrected chi connectivity index (χ4v) is 4.93. The summed E-state index contributed by atoms with van der Waals surface area (Å²) in [6, 6.07) is 2.30. The van der Waals surface area contributed by atoms with Gasteiger partial charge in [-0.15, -0.1) is 0 Å². The molecule has 172 valence electrons. The maximum Gasteiger partial charge on any atom is 0.312 e. The number of carbonyl (C=O) groups excluding carboxylic acids is 1. The summed E-state index contributed by atoms with van der Waals surface area (Å²) in [5.41, 5.74) is 3.49. The number of carboxylic acid groups (broad SMARTS) is 1. The first-order valence-electron chi connectivity index (χ1n) is 11.5. The summed E-state index contributed by atoms with van der Waals surface area (Å²) in [5, 5.41) is 19.2. The van der Waals surface area contributed by atoms with Crippen LogP contribution in [0.15, 0.2) is 0 Å². The molecule has 1 saturated carbocycles. The lowest BCUT2D eigenvalue weighted by Gasteiger charge is -2.44. The van der Waals surface area contributed by atoms with Crippen LogP contribution in [-0.2, 0) is 27.4 Å². The molecule has 0 radical (unpaired) electrons. The molecule has 3 heterocycles. The Labute approximate surface area is 189 Å².